The molecule has 118 valence electrons. The quantitative estimate of drug-likeness (QED) is 0.554. The predicted molar refractivity (Wildman–Crippen MR) is 85.2 cm³/mol. The first-order valence-corrected chi connectivity index (χ1v) is 7.01. The van der Waals surface area contributed by atoms with Crippen LogP contribution in [0.4, 0.5) is 11.5 Å². The number of pyridine rings is 1. The molecular formula is C16H15N3O4. The Kier molecular flexibility index (Phi) is 3.71. The number of non-ortho nitro benzene ring substituents is 1. The van der Waals surface area contributed by atoms with Gasteiger partial charge in [0, 0.05) is 17.5 Å². The van der Waals surface area contributed by atoms with E-state index in [0.29, 0.717) is 22.5 Å². The minimum atomic E-state index is -1.17. The maximum Gasteiger partial charge on any atom is 0.270 e. The van der Waals surface area contributed by atoms with Gasteiger partial charge in [0.05, 0.1) is 23.2 Å². The van der Waals surface area contributed by atoms with Crippen molar-refractivity contribution in [2.24, 2.45) is 0 Å². The van der Waals surface area contributed by atoms with E-state index >= 15 is 0 Å². The second-order valence-electron chi connectivity index (χ2n) is 5.44. The number of fused-ring (bicyclic) bond motifs is 1. The van der Waals surface area contributed by atoms with E-state index in [1.54, 1.807) is 37.3 Å². The molecule has 0 aliphatic rings. The fourth-order valence-corrected chi connectivity index (χ4v) is 2.26. The molecule has 1 aromatic carbocycles. The van der Waals surface area contributed by atoms with E-state index < -0.39 is 10.5 Å². The molecule has 0 radical (unpaired) electrons. The Morgan fingerprint density at radius 2 is 2.17 bits per heavy atom. The number of anilines is 1. The van der Waals surface area contributed by atoms with Crippen LogP contribution in [0.25, 0.3) is 10.9 Å². The third kappa shape index (κ3) is 3.14. The van der Waals surface area contributed by atoms with Crippen molar-refractivity contribution >= 4 is 22.4 Å². The first-order chi connectivity index (χ1) is 11.0. The molecule has 0 amide bonds. The molecule has 3 aromatic rings. The molecule has 7 heteroatoms. The number of aromatic nitrogens is 1. The van der Waals surface area contributed by atoms with Crippen LogP contribution in [0.1, 0.15) is 12.7 Å². The van der Waals surface area contributed by atoms with Crippen LogP contribution in [0.15, 0.2) is 53.1 Å². The molecule has 0 saturated heterocycles. The van der Waals surface area contributed by atoms with Gasteiger partial charge in [0.2, 0.25) is 0 Å². The summed E-state index contributed by atoms with van der Waals surface area (Å²) in [6.45, 7) is 1.86. The summed E-state index contributed by atoms with van der Waals surface area (Å²) in [5, 5.41) is 24.9. The highest BCUT2D eigenvalue weighted by Gasteiger charge is 2.26. The second-order valence-corrected chi connectivity index (χ2v) is 5.44. The molecular weight excluding hydrogens is 298 g/mol. The highest BCUT2D eigenvalue weighted by Crippen LogP contribution is 2.23. The first-order valence-electron chi connectivity index (χ1n) is 7.01. The molecule has 0 spiro atoms. The Bertz CT molecular complexity index is 844. The fraction of sp³-hybridized carbons (Fsp3) is 0.188. The zero-order chi connectivity index (χ0) is 16.4. The number of nitro benzene ring substituents is 1. The monoisotopic (exact) mass is 313 g/mol. The summed E-state index contributed by atoms with van der Waals surface area (Å²) >= 11 is 0. The first kappa shape index (κ1) is 15.0. The van der Waals surface area contributed by atoms with Crippen molar-refractivity contribution < 1.29 is 14.4 Å². The Morgan fingerprint density at radius 1 is 1.35 bits per heavy atom. The number of nitro groups is 1. The van der Waals surface area contributed by atoms with Crippen LogP contribution in [-0.4, -0.2) is 21.6 Å². The van der Waals surface area contributed by atoms with Gasteiger partial charge in [0.25, 0.3) is 5.69 Å². The average molecular weight is 313 g/mol. The van der Waals surface area contributed by atoms with Gasteiger partial charge in [0.1, 0.15) is 17.2 Å². The number of hydrogen-bond donors (Lipinski definition) is 2. The molecule has 2 heterocycles. The molecule has 23 heavy (non-hydrogen) atoms. The Balaban J connectivity index is 1.79. The molecule has 0 aliphatic heterocycles. The largest absolute Gasteiger partial charge is 0.466 e. The lowest BCUT2D eigenvalue weighted by Crippen LogP contribution is -2.30. The van der Waals surface area contributed by atoms with E-state index in [1.807, 2.05) is 0 Å². The highest BCUT2D eigenvalue weighted by molar-refractivity contribution is 5.82. The normalized spacial score (nSPS) is 13.7. The van der Waals surface area contributed by atoms with Crippen molar-refractivity contribution in [1.82, 2.24) is 4.98 Å². The molecule has 1 atom stereocenters. The number of rotatable bonds is 5. The summed E-state index contributed by atoms with van der Waals surface area (Å²) in [7, 11) is 0. The van der Waals surface area contributed by atoms with Crippen LogP contribution >= 0.6 is 0 Å². The Morgan fingerprint density at radius 3 is 2.87 bits per heavy atom. The van der Waals surface area contributed by atoms with E-state index in [0.717, 1.165) is 0 Å². The lowest BCUT2D eigenvalue weighted by molar-refractivity contribution is -0.384. The smallest absolute Gasteiger partial charge is 0.270 e. The van der Waals surface area contributed by atoms with Gasteiger partial charge >= 0.3 is 0 Å². The average Bonchev–Trinajstić information content (AvgIpc) is 3.07. The fourth-order valence-electron chi connectivity index (χ4n) is 2.26. The minimum absolute atomic E-state index is 0.0285. The number of furan rings is 1. The lowest BCUT2D eigenvalue weighted by atomic mass is 10.0. The van der Waals surface area contributed by atoms with Gasteiger partial charge in [-0.3, -0.25) is 10.1 Å². The molecule has 0 aliphatic carbocycles. The Hall–Kier alpha value is -2.93. The van der Waals surface area contributed by atoms with Crippen molar-refractivity contribution in [2.75, 3.05) is 11.9 Å². The molecule has 7 nitrogen and oxygen atoms in total. The lowest BCUT2D eigenvalue weighted by Gasteiger charge is -2.21. The van der Waals surface area contributed by atoms with Crippen molar-refractivity contribution in [3.05, 3.63) is 64.6 Å². The minimum Gasteiger partial charge on any atom is -0.466 e. The summed E-state index contributed by atoms with van der Waals surface area (Å²) in [6, 6.07) is 11.4. The standard InChI is InChI=1S/C16H15N3O4/c1-16(20,14-3-2-8-23-14)10-17-15-7-4-11-9-12(19(21)22)5-6-13(11)18-15/h2-9,20H,10H2,1H3,(H,17,18). The maximum absolute atomic E-state index is 10.8. The zero-order valence-electron chi connectivity index (χ0n) is 12.4. The summed E-state index contributed by atoms with van der Waals surface area (Å²) in [5.41, 5.74) is -0.505. The van der Waals surface area contributed by atoms with Crippen LogP contribution in [0, 0.1) is 10.1 Å². The van der Waals surface area contributed by atoms with Gasteiger partial charge in [-0.1, -0.05) is 0 Å². The number of aliphatic hydroxyl groups is 1. The molecule has 3 rings (SSSR count). The molecule has 0 bridgehead atoms. The van der Waals surface area contributed by atoms with Crippen LogP contribution in [0.5, 0.6) is 0 Å². The number of hydrogen-bond acceptors (Lipinski definition) is 6. The molecule has 0 fully saturated rings. The summed E-state index contributed by atoms with van der Waals surface area (Å²) in [5.74, 6) is 1.03. The van der Waals surface area contributed by atoms with Crippen molar-refractivity contribution in [3.63, 3.8) is 0 Å². The molecule has 2 aromatic heterocycles. The molecule has 1 unspecified atom stereocenters. The van der Waals surface area contributed by atoms with Crippen molar-refractivity contribution in [3.8, 4) is 0 Å². The van der Waals surface area contributed by atoms with Crippen molar-refractivity contribution in [2.45, 2.75) is 12.5 Å². The van der Waals surface area contributed by atoms with Gasteiger partial charge in [0.15, 0.2) is 0 Å². The van der Waals surface area contributed by atoms with E-state index in [-0.39, 0.29) is 12.2 Å². The van der Waals surface area contributed by atoms with Gasteiger partial charge in [-0.05, 0) is 37.3 Å². The summed E-state index contributed by atoms with van der Waals surface area (Å²) in [6.07, 6.45) is 1.50. The predicted octanol–water partition coefficient (Wildman–Crippen LogP) is 3.06. The van der Waals surface area contributed by atoms with Gasteiger partial charge in [-0.2, -0.15) is 0 Å². The SMILES string of the molecule is CC(O)(CNc1ccc2cc([N+](=O)[O-])ccc2n1)c1ccco1. The van der Waals surface area contributed by atoms with Crippen molar-refractivity contribution in [1.29, 1.82) is 0 Å². The van der Waals surface area contributed by atoms with E-state index in [2.05, 4.69) is 10.3 Å². The van der Waals surface area contributed by atoms with Crippen LogP contribution < -0.4 is 5.32 Å². The zero-order valence-corrected chi connectivity index (χ0v) is 12.4. The molecule has 0 saturated carbocycles. The maximum atomic E-state index is 10.8. The van der Waals surface area contributed by atoms with E-state index in [4.69, 9.17) is 4.42 Å². The third-order valence-corrected chi connectivity index (χ3v) is 3.55. The van der Waals surface area contributed by atoms with Crippen LogP contribution in [0.3, 0.4) is 0 Å². The summed E-state index contributed by atoms with van der Waals surface area (Å²) < 4.78 is 5.22. The van der Waals surface area contributed by atoms with Gasteiger partial charge < -0.3 is 14.8 Å². The Labute approximate surface area is 131 Å². The summed E-state index contributed by atoms with van der Waals surface area (Å²) in [4.78, 5) is 14.7. The van der Waals surface area contributed by atoms with Gasteiger partial charge in [-0.25, -0.2) is 4.98 Å². The molecule has 2 N–H and O–H groups in total. The number of benzene rings is 1. The van der Waals surface area contributed by atoms with Crippen LogP contribution in [0.2, 0.25) is 0 Å². The van der Waals surface area contributed by atoms with Crippen LogP contribution in [-0.2, 0) is 5.60 Å². The highest BCUT2D eigenvalue weighted by atomic mass is 16.6. The second kappa shape index (κ2) is 5.69. The third-order valence-electron chi connectivity index (χ3n) is 3.55. The number of nitrogens with one attached hydrogen (secondary N) is 1. The van der Waals surface area contributed by atoms with E-state index in [1.165, 1.54) is 18.4 Å². The van der Waals surface area contributed by atoms with Gasteiger partial charge in [-0.15, -0.1) is 0 Å². The van der Waals surface area contributed by atoms with E-state index in [9.17, 15) is 15.2 Å². The topological polar surface area (TPSA) is 101 Å². The number of nitrogens with zero attached hydrogens (tertiary/aromatic N) is 2.